The summed E-state index contributed by atoms with van der Waals surface area (Å²) in [5.41, 5.74) is 0. The van der Waals surface area contributed by atoms with Crippen molar-refractivity contribution in [1.29, 1.82) is 0 Å². The van der Waals surface area contributed by atoms with Gasteiger partial charge in [0, 0.05) is 0 Å². The van der Waals surface area contributed by atoms with E-state index in [0.29, 0.717) is 3.54 Å². The highest BCUT2D eigenvalue weighted by atomic mass is 24.4. The molecule has 1 radical (unpaired) electrons. The van der Waals surface area contributed by atoms with Crippen molar-refractivity contribution in [3.63, 3.8) is 0 Å². The molecule has 11 heavy (non-hydrogen) atoms. The van der Waals surface area contributed by atoms with E-state index >= 15 is 0 Å². The van der Waals surface area contributed by atoms with Crippen molar-refractivity contribution in [2.45, 2.75) is 62.8 Å². The SMILES string of the molecule is CCCC[C](C)([Mg])CCCC. The number of rotatable bonds is 6. The molecule has 0 fully saturated rings. The van der Waals surface area contributed by atoms with Gasteiger partial charge in [0.25, 0.3) is 0 Å². The molecule has 0 unspecified atom stereocenters. The van der Waals surface area contributed by atoms with Gasteiger partial charge < -0.3 is 0 Å². The number of hydrogen-bond donors (Lipinski definition) is 0. The first-order valence-electron chi connectivity index (χ1n) is 4.97. The monoisotopic (exact) mass is 165 g/mol. The Labute approximate surface area is 84.6 Å². The molecule has 0 spiro atoms. The van der Waals surface area contributed by atoms with Gasteiger partial charge in [-0.3, -0.25) is 0 Å². The molecule has 0 saturated heterocycles. The fraction of sp³-hybridized carbons (Fsp3) is 1.00. The highest BCUT2D eigenvalue weighted by Crippen LogP contribution is 2.33. The quantitative estimate of drug-likeness (QED) is 0.527. The molecule has 0 aliphatic carbocycles. The van der Waals surface area contributed by atoms with E-state index in [4.69, 9.17) is 0 Å². The van der Waals surface area contributed by atoms with Crippen molar-refractivity contribution >= 4 is 21.7 Å². The first-order chi connectivity index (χ1) is 5.12. The maximum absolute atomic E-state index is 2.41. The second-order valence-electron chi connectivity index (χ2n) is 4.02. The van der Waals surface area contributed by atoms with Crippen LogP contribution in [0, 0.1) is 0 Å². The standard InChI is InChI=1S/C10H21.Mg/c1-4-6-8-10(3)9-7-5-2;/h4-9H2,1-3H3;. The molecule has 0 heterocycles. The molecule has 0 bridgehead atoms. The van der Waals surface area contributed by atoms with Gasteiger partial charge in [0.1, 0.15) is 0 Å². The summed E-state index contributed by atoms with van der Waals surface area (Å²) in [6.45, 7) is 6.97. The second kappa shape index (κ2) is 6.30. The van der Waals surface area contributed by atoms with Gasteiger partial charge in [-0.05, 0) is 0 Å². The van der Waals surface area contributed by atoms with Gasteiger partial charge in [0.2, 0.25) is 21.7 Å². The van der Waals surface area contributed by atoms with Crippen LogP contribution in [0.4, 0.5) is 0 Å². The lowest BCUT2D eigenvalue weighted by molar-refractivity contribution is 0.476. The molecule has 1 heteroatoms. The predicted molar refractivity (Wildman–Crippen MR) is 53.2 cm³/mol. The summed E-state index contributed by atoms with van der Waals surface area (Å²) in [4.78, 5) is 0. The third-order valence-electron chi connectivity index (χ3n) is 2.27. The lowest BCUT2D eigenvalue weighted by Gasteiger charge is -2.27. The Bertz CT molecular complexity index is 76.9. The van der Waals surface area contributed by atoms with Gasteiger partial charge in [-0.2, -0.15) is 3.54 Å². The lowest BCUT2D eigenvalue weighted by atomic mass is 9.96. The van der Waals surface area contributed by atoms with Crippen LogP contribution in [0.15, 0.2) is 0 Å². The molecule has 63 valence electrons. The molecular formula is C10H21Mg. The highest BCUT2D eigenvalue weighted by molar-refractivity contribution is 6.14. The predicted octanol–water partition coefficient (Wildman–Crippen LogP) is 3.71. The van der Waals surface area contributed by atoms with Crippen LogP contribution in [0.1, 0.15) is 59.3 Å². The minimum absolute atomic E-state index is 0.631. The molecule has 0 aromatic rings. The van der Waals surface area contributed by atoms with Gasteiger partial charge >= 0.3 is 0 Å². The number of unbranched alkanes of at least 4 members (excludes halogenated alkanes) is 2. The van der Waals surface area contributed by atoms with Crippen molar-refractivity contribution in [3.8, 4) is 0 Å². The Morgan fingerprint density at radius 2 is 1.36 bits per heavy atom. The number of hydrogen-bond acceptors (Lipinski definition) is 0. The first-order valence-corrected chi connectivity index (χ1v) is 5.68. The minimum atomic E-state index is 0.631. The van der Waals surface area contributed by atoms with Crippen LogP contribution in [0.5, 0.6) is 0 Å². The third-order valence-corrected chi connectivity index (χ3v) is 2.97. The van der Waals surface area contributed by atoms with Crippen LogP contribution in [0.25, 0.3) is 0 Å². The first kappa shape index (κ1) is 11.8. The Morgan fingerprint density at radius 3 is 1.64 bits per heavy atom. The fourth-order valence-electron chi connectivity index (χ4n) is 1.33. The van der Waals surface area contributed by atoms with Crippen LogP contribution in [0.3, 0.4) is 0 Å². The molecule has 0 rings (SSSR count). The summed E-state index contributed by atoms with van der Waals surface area (Å²) in [5, 5.41) is 0. The molecule has 0 aromatic carbocycles. The van der Waals surface area contributed by atoms with Crippen molar-refractivity contribution < 1.29 is 0 Å². The normalized spacial score (nSPS) is 11.8. The van der Waals surface area contributed by atoms with E-state index in [0.717, 1.165) is 0 Å². The Balaban J connectivity index is 3.43. The topological polar surface area (TPSA) is 0 Å². The zero-order valence-electron chi connectivity index (χ0n) is 8.45. The Kier molecular flexibility index (Phi) is 6.74. The zero-order chi connectivity index (χ0) is 8.74. The van der Waals surface area contributed by atoms with E-state index < -0.39 is 0 Å². The average Bonchev–Trinajstić information content (AvgIpc) is 1.97. The molecule has 0 aliphatic heterocycles. The Morgan fingerprint density at radius 1 is 1.00 bits per heavy atom. The average molecular weight is 166 g/mol. The summed E-state index contributed by atoms with van der Waals surface area (Å²) in [7, 11) is 0. The van der Waals surface area contributed by atoms with Gasteiger partial charge in [-0.15, -0.1) is 0 Å². The zero-order valence-corrected chi connectivity index (χ0v) is 9.86. The van der Waals surface area contributed by atoms with Crippen LogP contribution in [0.2, 0.25) is 3.54 Å². The van der Waals surface area contributed by atoms with Gasteiger partial charge in [0.05, 0.1) is 0 Å². The summed E-state index contributed by atoms with van der Waals surface area (Å²) < 4.78 is 0.631. The van der Waals surface area contributed by atoms with Crippen LogP contribution < -0.4 is 0 Å². The van der Waals surface area contributed by atoms with Crippen molar-refractivity contribution in [2.75, 3.05) is 0 Å². The molecular weight excluding hydrogens is 144 g/mol. The van der Waals surface area contributed by atoms with E-state index in [1.54, 1.807) is 0 Å². The van der Waals surface area contributed by atoms with E-state index in [-0.39, 0.29) is 0 Å². The molecule has 0 amide bonds. The smallest absolute Gasteiger partial charge is 0.158 e. The van der Waals surface area contributed by atoms with E-state index in [2.05, 4.69) is 42.5 Å². The summed E-state index contributed by atoms with van der Waals surface area (Å²) in [5.74, 6) is 0. The van der Waals surface area contributed by atoms with Crippen molar-refractivity contribution in [2.24, 2.45) is 0 Å². The molecule has 0 nitrogen and oxygen atoms in total. The largest absolute Gasteiger partial charge is 0.232 e. The molecule has 0 atom stereocenters. The third kappa shape index (κ3) is 7.14. The van der Waals surface area contributed by atoms with E-state index in [1.165, 1.54) is 38.5 Å². The van der Waals surface area contributed by atoms with Gasteiger partial charge in [-0.1, -0.05) is 59.3 Å². The van der Waals surface area contributed by atoms with Crippen LogP contribution in [-0.2, 0) is 0 Å². The summed E-state index contributed by atoms with van der Waals surface area (Å²) in [6, 6.07) is 0. The van der Waals surface area contributed by atoms with E-state index in [1.807, 2.05) is 0 Å². The van der Waals surface area contributed by atoms with E-state index in [9.17, 15) is 0 Å². The highest BCUT2D eigenvalue weighted by Gasteiger charge is 2.12. The summed E-state index contributed by atoms with van der Waals surface area (Å²) >= 11 is 2.20. The van der Waals surface area contributed by atoms with Crippen molar-refractivity contribution in [1.82, 2.24) is 0 Å². The van der Waals surface area contributed by atoms with Crippen LogP contribution in [-0.4, -0.2) is 21.7 Å². The molecule has 0 saturated carbocycles. The minimum Gasteiger partial charge on any atom is -0.158 e. The van der Waals surface area contributed by atoms with Crippen molar-refractivity contribution in [3.05, 3.63) is 0 Å². The molecule has 0 aromatic heterocycles. The lowest BCUT2D eigenvalue weighted by Crippen LogP contribution is -2.07. The van der Waals surface area contributed by atoms with Gasteiger partial charge in [0.15, 0.2) is 0 Å². The maximum Gasteiger partial charge on any atom is 0.232 e. The molecule has 0 N–H and O–H groups in total. The maximum atomic E-state index is 2.41. The summed E-state index contributed by atoms with van der Waals surface area (Å²) in [6.07, 6.45) is 8.34. The fourth-order valence-corrected chi connectivity index (χ4v) is 1.83. The molecule has 0 aliphatic rings. The second-order valence-corrected chi connectivity index (χ2v) is 5.72. The van der Waals surface area contributed by atoms with Crippen LogP contribution >= 0.6 is 0 Å². The van der Waals surface area contributed by atoms with Gasteiger partial charge in [-0.25, -0.2) is 0 Å². The Hall–Kier alpha value is 0.766.